The molecule has 256 valence electrons. The highest BCUT2D eigenvalue weighted by Crippen LogP contribution is 2.40. The van der Waals surface area contributed by atoms with Crippen LogP contribution in [0.4, 0.5) is 28.8 Å². The van der Waals surface area contributed by atoms with Crippen LogP contribution in [0.5, 0.6) is 11.5 Å². The first-order chi connectivity index (χ1) is 23.0. The van der Waals surface area contributed by atoms with Crippen molar-refractivity contribution in [3.05, 3.63) is 59.0 Å². The van der Waals surface area contributed by atoms with E-state index in [0.29, 0.717) is 39.0 Å². The molecule has 0 radical (unpaired) electrons. The van der Waals surface area contributed by atoms with Gasteiger partial charge in [-0.25, -0.2) is 9.67 Å². The number of piperidine rings is 1. The number of benzene rings is 2. The standard InChI is InChI=1S/C34H45BrN9O3P/c1-23-17-30(43-15-13-42(14-16-43)24-9-11-41(2)12-10-24)31(47-4)19-29(23)39-34-36-21-27(35)33(40-34)38-28-8-7-25(18-32(28)48(5,6)45)44-22-26(46-3)20-37-44/h7-8,17-22,24H,9-16H2,1-6H3,(H2,36,38,39,40). The Hall–Kier alpha value is -3.64. The van der Waals surface area contributed by atoms with Crippen molar-refractivity contribution in [2.75, 3.05) is 89.4 Å². The van der Waals surface area contributed by atoms with Gasteiger partial charge in [0.15, 0.2) is 5.75 Å². The second kappa shape index (κ2) is 14.5. The maximum Gasteiger partial charge on any atom is 0.229 e. The second-order valence-corrected chi connectivity index (χ2v) is 17.0. The largest absolute Gasteiger partial charge is 0.495 e. The number of hydrogen-bond donors (Lipinski definition) is 2. The number of aryl methyl sites for hydroxylation is 1. The number of likely N-dealkylation sites (tertiary alicyclic amines) is 1. The van der Waals surface area contributed by atoms with E-state index < -0.39 is 7.14 Å². The monoisotopic (exact) mass is 737 g/mol. The molecule has 2 aromatic heterocycles. The van der Waals surface area contributed by atoms with Gasteiger partial charge in [-0.1, -0.05) is 0 Å². The summed E-state index contributed by atoms with van der Waals surface area (Å²) in [5.74, 6) is 2.42. The minimum absolute atomic E-state index is 0.420. The molecule has 6 rings (SSSR count). The topological polar surface area (TPSA) is 113 Å². The normalized spacial score (nSPS) is 16.6. The number of methoxy groups -OCH3 is 2. The van der Waals surface area contributed by atoms with Gasteiger partial charge < -0.3 is 34.5 Å². The SMILES string of the molecule is COc1cnn(-c2ccc(Nc3nc(Nc4cc(OC)c(N5CCN(C6CCN(C)CC6)CC5)cc4C)ncc3Br)c(P(C)(C)=O)c2)c1. The highest BCUT2D eigenvalue weighted by molar-refractivity contribution is 9.10. The highest BCUT2D eigenvalue weighted by Gasteiger charge is 2.28. The first-order valence-corrected chi connectivity index (χ1v) is 19.6. The van der Waals surface area contributed by atoms with Crippen LogP contribution in [0.25, 0.3) is 5.69 Å². The number of ether oxygens (including phenoxy) is 2. The van der Waals surface area contributed by atoms with Crippen molar-refractivity contribution in [2.45, 2.75) is 25.8 Å². The summed E-state index contributed by atoms with van der Waals surface area (Å²) in [6.07, 6.45) is 7.62. The van der Waals surface area contributed by atoms with Crippen LogP contribution in [0.15, 0.2) is 53.4 Å². The summed E-state index contributed by atoms with van der Waals surface area (Å²) in [6, 6.07) is 10.6. The molecular weight excluding hydrogens is 693 g/mol. The molecule has 14 heteroatoms. The van der Waals surface area contributed by atoms with Crippen LogP contribution < -0.4 is 30.3 Å². The molecule has 0 aliphatic carbocycles. The molecule has 0 amide bonds. The van der Waals surface area contributed by atoms with Crippen LogP contribution >= 0.6 is 23.1 Å². The number of rotatable bonds is 10. The van der Waals surface area contributed by atoms with Crippen LogP contribution in [-0.4, -0.2) is 109 Å². The summed E-state index contributed by atoms with van der Waals surface area (Å²) in [6.45, 7) is 12.0. The molecule has 2 aliphatic rings. The zero-order valence-electron chi connectivity index (χ0n) is 28.5. The van der Waals surface area contributed by atoms with Crippen molar-refractivity contribution in [3.8, 4) is 17.2 Å². The summed E-state index contributed by atoms with van der Waals surface area (Å²) < 4.78 is 27.0. The molecule has 0 spiro atoms. The summed E-state index contributed by atoms with van der Waals surface area (Å²) in [4.78, 5) is 16.8. The molecule has 2 saturated heterocycles. The third-order valence-electron chi connectivity index (χ3n) is 9.25. The van der Waals surface area contributed by atoms with Gasteiger partial charge in [-0.15, -0.1) is 0 Å². The highest BCUT2D eigenvalue weighted by atomic mass is 79.9. The lowest BCUT2D eigenvalue weighted by Crippen LogP contribution is -2.53. The lowest BCUT2D eigenvalue weighted by atomic mass is 10.0. The molecule has 0 unspecified atom stereocenters. The number of piperazine rings is 1. The molecule has 2 aromatic carbocycles. The molecule has 0 atom stereocenters. The van der Waals surface area contributed by atoms with E-state index in [0.717, 1.165) is 54.6 Å². The number of hydrogen-bond acceptors (Lipinski definition) is 11. The molecule has 12 nitrogen and oxygen atoms in total. The Balaban J connectivity index is 1.19. The smallest absolute Gasteiger partial charge is 0.229 e. The predicted octanol–water partition coefficient (Wildman–Crippen LogP) is 5.70. The van der Waals surface area contributed by atoms with Crippen molar-refractivity contribution in [3.63, 3.8) is 0 Å². The van der Waals surface area contributed by atoms with Crippen molar-refractivity contribution in [1.29, 1.82) is 0 Å². The van der Waals surface area contributed by atoms with Crippen molar-refractivity contribution in [2.24, 2.45) is 0 Å². The first-order valence-electron chi connectivity index (χ1n) is 16.2. The zero-order valence-corrected chi connectivity index (χ0v) is 31.0. The molecule has 4 heterocycles. The fraction of sp³-hybridized carbons (Fsp3) is 0.441. The summed E-state index contributed by atoms with van der Waals surface area (Å²) in [7, 11) is 2.84. The van der Waals surface area contributed by atoms with Crippen LogP contribution in [0.3, 0.4) is 0 Å². The third-order valence-corrected chi connectivity index (χ3v) is 11.4. The Morgan fingerprint density at radius 2 is 1.69 bits per heavy atom. The average molecular weight is 739 g/mol. The van der Waals surface area contributed by atoms with E-state index in [1.54, 1.807) is 50.8 Å². The molecule has 48 heavy (non-hydrogen) atoms. The maximum atomic E-state index is 13.4. The summed E-state index contributed by atoms with van der Waals surface area (Å²) >= 11 is 3.59. The van der Waals surface area contributed by atoms with Crippen molar-refractivity contribution in [1.82, 2.24) is 29.5 Å². The van der Waals surface area contributed by atoms with Gasteiger partial charge in [0.2, 0.25) is 5.95 Å². The van der Waals surface area contributed by atoms with E-state index >= 15 is 0 Å². The Bertz CT molecular complexity index is 1800. The second-order valence-electron chi connectivity index (χ2n) is 12.9. The number of nitrogens with one attached hydrogen (secondary N) is 2. The fourth-order valence-corrected chi connectivity index (χ4v) is 7.88. The van der Waals surface area contributed by atoms with Gasteiger partial charge >= 0.3 is 0 Å². The molecule has 2 N–H and O–H groups in total. The van der Waals surface area contributed by atoms with Crippen LogP contribution in [-0.2, 0) is 4.57 Å². The fourth-order valence-electron chi connectivity index (χ4n) is 6.44. The van der Waals surface area contributed by atoms with Crippen LogP contribution in [0, 0.1) is 6.92 Å². The number of nitrogens with zero attached hydrogens (tertiary/aromatic N) is 7. The molecule has 0 saturated carbocycles. The minimum Gasteiger partial charge on any atom is -0.495 e. The van der Waals surface area contributed by atoms with E-state index in [4.69, 9.17) is 14.5 Å². The van der Waals surface area contributed by atoms with Gasteiger partial charge in [-0.2, -0.15) is 10.1 Å². The Labute approximate surface area is 291 Å². The Morgan fingerprint density at radius 1 is 0.938 bits per heavy atom. The van der Waals surface area contributed by atoms with Crippen molar-refractivity contribution < 1.29 is 14.0 Å². The van der Waals surface area contributed by atoms with E-state index in [1.807, 2.05) is 24.3 Å². The predicted molar refractivity (Wildman–Crippen MR) is 198 cm³/mol. The first kappa shape index (κ1) is 34.2. The van der Waals surface area contributed by atoms with E-state index in [1.165, 1.54) is 25.9 Å². The lowest BCUT2D eigenvalue weighted by molar-refractivity contribution is 0.115. The molecule has 2 aliphatic heterocycles. The molecule has 4 aromatic rings. The van der Waals surface area contributed by atoms with Gasteiger partial charge in [0.05, 0.1) is 48.1 Å². The maximum absolute atomic E-state index is 13.4. The third kappa shape index (κ3) is 7.64. The van der Waals surface area contributed by atoms with E-state index in [-0.39, 0.29) is 0 Å². The summed E-state index contributed by atoms with van der Waals surface area (Å²) in [5.41, 5.74) is 4.50. The van der Waals surface area contributed by atoms with Gasteiger partial charge in [0.1, 0.15) is 18.7 Å². The molecule has 2 fully saturated rings. The minimum atomic E-state index is -2.70. The number of halogens is 1. The summed E-state index contributed by atoms with van der Waals surface area (Å²) in [5, 5.41) is 11.8. The van der Waals surface area contributed by atoms with E-state index in [9.17, 15) is 4.57 Å². The lowest BCUT2D eigenvalue weighted by Gasteiger charge is -2.43. The van der Waals surface area contributed by atoms with Gasteiger partial charge in [0, 0.05) is 55.5 Å². The zero-order chi connectivity index (χ0) is 34.0. The average Bonchev–Trinajstić information content (AvgIpc) is 3.57. The van der Waals surface area contributed by atoms with Gasteiger partial charge in [-0.05, 0) is 99.0 Å². The van der Waals surface area contributed by atoms with Gasteiger partial charge in [-0.3, -0.25) is 4.90 Å². The number of anilines is 5. The van der Waals surface area contributed by atoms with E-state index in [2.05, 4.69) is 71.4 Å². The molecular formula is C34H45BrN9O3P. The van der Waals surface area contributed by atoms with Crippen molar-refractivity contribution >= 4 is 57.2 Å². The van der Waals surface area contributed by atoms with Gasteiger partial charge in [0.25, 0.3) is 0 Å². The Kier molecular flexibility index (Phi) is 10.3. The Morgan fingerprint density at radius 3 is 2.35 bits per heavy atom. The quantitative estimate of drug-likeness (QED) is 0.196. The van der Waals surface area contributed by atoms with Crippen LogP contribution in [0.2, 0.25) is 0 Å². The van der Waals surface area contributed by atoms with Crippen LogP contribution in [0.1, 0.15) is 18.4 Å². The molecule has 0 bridgehead atoms. The number of aromatic nitrogens is 4.